The van der Waals surface area contributed by atoms with Crippen LogP contribution in [-0.4, -0.2) is 14.9 Å². The van der Waals surface area contributed by atoms with Crippen molar-refractivity contribution in [3.05, 3.63) is 81.4 Å². The van der Waals surface area contributed by atoms with Crippen molar-refractivity contribution in [3.63, 3.8) is 0 Å². The van der Waals surface area contributed by atoms with Gasteiger partial charge < -0.3 is 9.40 Å². The molecule has 2 aromatic carbocycles. The molecule has 0 saturated carbocycles. The van der Waals surface area contributed by atoms with Crippen LogP contribution in [0.5, 0.6) is 0 Å². The normalized spacial score (nSPS) is 11.6. The number of rotatable bonds is 4. The molecule has 0 atom stereocenters. The Balaban J connectivity index is 1.72. The summed E-state index contributed by atoms with van der Waals surface area (Å²) in [6.07, 6.45) is 1.56. The molecule has 0 unspecified atom stereocenters. The Hall–Kier alpha value is -4.18. The molecule has 2 aromatic heterocycles. The molecule has 2 heterocycles. The van der Waals surface area contributed by atoms with Crippen LogP contribution in [0.25, 0.3) is 34.0 Å². The molecule has 0 spiro atoms. The molecule has 4 aromatic rings. The largest absolute Gasteiger partial charge is 0.456 e. The Labute approximate surface area is 166 Å². The zero-order valence-corrected chi connectivity index (χ0v) is 15.8. The van der Waals surface area contributed by atoms with Gasteiger partial charge in [-0.2, -0.15) is 5.26 Å². The zero-order valence-electron chi connectivity index (χ0n) is 15.8. The highest BCUT2D eigenvalue weighted by atomic mass is 16.6. The lowest BCUT2D eigenvalue weighted by molar-refractivity contribution is -0.384. The van der Waals surface area contributed by atoms with Crippen LogP contribution in [0, 0.1) is 35.3 Å². The highest BCUT2D eigenvalue weighted by molar-refractivity contribution is 5.90. The lowest BCUT2D eigenvalue weighted by Gasteiger charge is -2.01. The fourth-order valence-electron chi connectivity index (χ4n) is 3.12. The molecular weight excluding hydrogens is 368 g/mol. The molecule has 4 rings (SSSR count). The van der Waals surface area contributed by atoms with Crippen LogP contribution >= 0.6 is 0 Å². The Morgan fingerprint density at radius 1 is 1.17 bits per heavy atom. The summed E-state index contributed by atoms with van der Waals surface area (Å²) in [7, 11) is 0. The third-order valence-electron chi connectivity index (χ3n) is 4.54. The first-order valence-corrected chi connectivity index (χ1v) is 8.88. The quantitative estimate of drug-likeness (QED) is 0.287. The minimum atomic E-state index is -0.433. The van der Waals surface area contributed by atoms with Gasteiger partial charge in [0.2, 0.25) is 0 Å². The van der Waals surface area contributed by atoms with Gasteiger partial charge in [0, 0.05) is 12.1 Å². The number of imidazole rings is 1. The number of H-pyrrole nitrogens is 1. The van der Waals surface area contributed by atoms with Gasteiger partial charge in [-0.15, -0.1) is 0 Å². The van der Waals surface area contributed by atoms with Crippen molar-refractivity contribution < 1.29 is 9.34 Å². The monoisotopic (exact) mass is 384 g/mol. The van der Waals surface area contributed by atoms with E-state index in [1.807, 2.05) is 25.1 Å². The number of hydrogen-bond acceptors (Lipinski definition) is 5. The molecule has 0 saturated heterocycles. The first-order chi connectivity index (χ1) is 13.9. The average Bonchev–Trinajstić information content (AvgIpc) is 3.32. The maximum absolute atomic E-state index is 11.4. The van der Waals surface area contributed by atoms with Crippen LogP contribution < -0.4 is 0 Å². The average molecular weight is 384 g/mol. The van der Waals surface area contributed by atoms with Crippen LogP contribution in [0.2, 0.25) is 0 Å². The van der Waals surface area contributed by atoms with Crippen molar-refractivity contribution in [1.29, 1.82) is 5.26 Å². The third kappa shape index (κ3) is 3.51. The summed E-state index contributed by atoms with van der Waals surface area (Å²) < 4.78 is 5.77. The van der Waals surface area contributed by atoms with Crippen molar-refractivity contribution in [2.75, 3.05) is 0 Å². The Bertz CT molecular complexity index is 1320. The van der Waals surface area contributed by atoms with Gasteiger partial charge in [-0.3, -0.25) is 10.1 Å². The van der Waals surface area contributed by atoms with Gasteiger partial charge in [0.1, 0.15) is 23.4 Å². The number of aryl methyl sites for hydroxylation is 2. The number of nitriles is 1. The maximum atomic E-state index is 11.4. The topological polar surface area (TPSA) is 109 Å². The first kappa shape index (κ1) is 18.2. The predicted molar refractivity (Wildman–Crippen MR) is 110 cm³/mol. The van der Waals surface area contributed by atoms with E-state index in [0.29, 0.717) is 28.5 Å². The summed E-state index contributed by atoms with van der Waals surface area (Å²) in [4.78, 5) is 18.5. The van der Waals surface area contributed by atoms with Gasteiger partial charge in [-0.25, -0.2) is 4.98 Å². The molecule has 142 valence electrons. The highest BCUT2D eigenvalue weighted by Gasteiger charge is 2.18. The molecule has 7 heteroatoms. The lowest BCUT2D eigenvalue weighted by atomic mass is 10.1. The molecular formula is C22H16N4O3. The number of hydrogen-bond donors (Lipinski definition) is 1. The molecule has 0 bridgehead atoms. The first-order valence-electron chi connectivity index (χ1n) is 8.88. The second-order valence-electron chi connectivity index (χ2n) is 6.76. The van der Waals surface area contributed by atoms with Crippen LogP contribution in [0.1, 0.15) is 22.7 Å². The van der Waals surface area contributed by atoms with Crippen LogP contribution in [0.15, 0.2) is 52.9 Å². The number of aromatic nitrogens is 2. The molecule has 1 N–H and O–H groups in total. The second kappa shape index (κ2) is 7.09. The molecule has 0 radical (unpaired) electrons. The summed E-state index contributed by atoms with van der Waals surface area (Å²) in [6, 6.07) is 16.2. The van der Waals surface area contributed by atoms with E-state index in [9.17, 15) is 15.4 Å². The smallest absolute Gasteiger partial charge is 0.280 e. The lowest BCUT2D eigenvalue weighted by Crippen LogP contribution is -1.92. The summed E-state index contributed by atoms with van der Waals surface area (Å²) in [5.74, 6) is 1.20. The van der Waals surface area contributed by atoms with E-state index in [1.54, 1.807) is 37.3 Å². The van der Waals surface area contributed by atoms with Gasteiger partial charge in [0.25, 0.3) is 5.69 Å². The van der Waals surface area contributed by atoms with Gasteiger partial charge in [-0.1, -0.05) is 12.1 Å². The third-order valence-corrected chi connectivity index (χ3v) is 4.54. The summed E-state index contributed by atoms with van der Waals surface area (Å²) in [5, 5.41) is 21.0. The van der Waals surface area contributed by atoms with E-state index in [0.717, 1.165) is 22.2 Å². The SMILES string of the molecule is Cc1ccc(-c2ccc(C=C(C#N)c3nc4ccc(C)cc4[nH]3)o2)c([N+](=O)[O-])c1. The second-order valence-corrected chi connectivity index (χ2v) is 6.76. The van der Waals surface area contributed by atoms with E-state index >= 15 is 0 Å². The number of furan rings is 1. The van der Waals surface area contributed by atoms with E-state index < -0.39 is 4.92 Å². The minimum Gasteiger partial charge on any atom is -0.456 e. The van der Waals surface area contributed by atoms with Crippen LogP contribution in [0.3, 0.4) is 0 Å². The van der Waals surface area contributed by atoms with Crippen molar-refractivity contribution in [3.8, 4) is 17.4 Å². The van der Waals surface area contributed by atoms with Gasteiger partial charge in [0.15, 0.2) is 0 Å². The molecule has 0 fully saturated rings. The molecule has 29 heavy (non-hydrogen) atoms. The molecule has 7 nitrogen and oxygen atoms in total. The molecule has 0 aliphatic heterocycles. The van der Waals surface area contributed by atoms with E-state index in [4.69, 9.17) is 4.42 Å². The van der Waals surface area contributed by atoms with E-state index in [1.165, 1.54) is 6.07 Å². The van der Waals surface area contributed by atoms with E-state index in [2.05, 4.69) is 16.0 Å². The van der Waals surface area contributed by atoms with Gasteiger partial charge in [-0.05, 0) is 55.3 Å². The molecule has 0 amide bonds. The summed E-state index contributed by atoms with van der Waals surface area (Å²) >= 11 is 0. The highest BCUT2D eigenvalue weighted by Crippen LogP contribution is 2.32. The maximum Gasteiger partial charge on any atom is 0.280 e. The minimum absolute atomic E-state index is 0.0250. The summed E-state index contributed by atoms with van der Waals surface area (Å²) in [5.41, 5.74) is 4.16. The number of allylic oxidation sites excluding steroid dienone is 1. The standard InChI is InChI=1S/C22H16N4O3/c1-13-4-7-18-19(9-13)25-22(24-18)15(12-23)11-16-5-8-21(29-16)17-6-3-14(2)10-20(17)26(27)28/h3-11H,1-2H3,(H,24,25). The number of nitro groups is 1. The van der Waals surface area contributed by atoms with Gasteiger partial charge >= 0.3 is 0 Å². The Kier molecular flexibility index (Phi) is 4.45. The Morgan fingerprint density at radius 3 is 2.69 bits per heavy atom. The van der Waals surface area contributed by atoms with E-state index in [-0.39, 0.29) is 5.69 Å². The number of benzene rings is 2. The zero-order chi connectivity index (χ0) is 20.5. The number of fused-ring (bicyclic) bond motifs is 1. The molecule has 0 aliphatic carbocycles. The predicted octanol–water partition coefficient (Wildman–Crippen LogP) is 5.41. The fourth-order valence-corrected chi connectivity index (χ4v) is 3.12. The van der Waals surface area contributed by atoms with Crippen LogP contribution in [0.4, 0.5) is 5.69 Å². The van der Waals surface area contributed by atoms with Crippen molar-refractivity contribution in [2.45, 2.75) is 13.8 Å². The van der Waals surface area contributed by atoms with Crippen molar-refractivity contribution >= 4 is 28.4 Å². The number of nitrogens with zero attached hydrogens (tertiary/aromatic N) is 3. The van der Waals surface area contributed by atoms with Crippen molar-refractivity contribution in [1.82, 2.24) is 9.97 Å². The van der Waals surface area contributed by atoms with Gasteiger partial charge in [0.05, 0.1) is 27.1 Å². The number of aromatic amines is 1. The molecule has 0 aliphatic rings. The summed E-state index contributed by atoms with van der Waals surface area (Å²) in [6.45, 7) is 3.77. The fraction of sp³-hybridized carbons (Fsp3) is 0.0909. The number of nitrogens with one attached hydrogen (secondary N) is 1. The van der Waals surface area contributed by atoms with Crippen LogP contribution in [-0.2, 0) is 0 Å². The number of nitro benzene ring substituents is 1. The Morgan fingerprint density at radius 2 is 1.93 bits per heavy atom. The van der Waals surface area contributed by atoms with Crippen molar-refractivity contribution in [2.24, 2.45) is 0 Å².